The van der Waals surface area contributed by atoms with E-state index in [9.17, 15) is 18.0 Å². The maximum atomic E-state index is 13.9. The molecule has 2 aliphatic heterocycles. The van der Waals surface area contributed by atoms with E-state index in [-0.39, 0.29) is 10.7 Å². The van der Waals surface area contributed by atoms with Crippen LogP contribution in [0.2, 0.25) is 5.02 Å². The summed E-state index contributed by atoms with van der Waals surface area (Å²) in [7, 11) is 1.29. The van der Waals surface area contributed by atoms with E-state index in [4.69, 9.17) is 21.3 Å². The van der Waals surface area contributed by atoms with Crippen LogP contribution < -0.4 is 5.32 Å². The minimum absolute atomic E-state index is 0.138. The van der Waals surface area contributed by atoms with Crippen LogP contribution in [-0.2, 0) is 4.74 Å². The molecule has 3 aromatic rings. The molecule has 0 radical (unpaired) electrons. The molecule has 2 aromatic heterocycles. The number of ether oxygens (including phenoxy) is 1. The van der Waals surface area contributed by atoms with Crippen molar-refractivity contribution in [1.29, 1.82) is 0 Å². The molecule has 0 saturated carbocycles. The topological polar surface area (TPSA) is 84.6 Å². The van der Waals surface area contributed by atoms with Crippen molar-refractivity contribution in [3.63, 3.8) is 0 Å². The molecule has 0 aliphatic carbocycles. The zero-order valence-electron chi connectivity index (χ0n) is 19.8. The van der Waals surface area contributed by atoms with E-state index in [2.05, 4.69) is 15.4 Å². The summed E-state index contributed by atoms with van der Waals surface area (Å²) in [6.45, 7) is -0.551. The van der Waals surface area contributed by atoms with Gasteiger partial charge in [0.1, 0.15) is 11.9 Å². The predicted octanol–water partition coefficient (Wildman–Crippen LogP) is 5.65. The number of rotatable bonds is 6. The molecule has 13 heteroatoms. The number of fused-ring (bicyclic) bond motifs is 1. The van der Waals surface area contributed by atoms with Crippen molar-refractivity contribution in [2.75, 3.05) is 13.7 Å². The summed E-state index contributed by atoms with van der Waals surface area (Å²) in [5.41, 5.74) is 1.29. The SMILES string of the molecule is CC[C@@]1(NC(=O)OC)CC2=C(c3ccn(C(F)F)n3)[C@H](c3ccc(F)cc3Cl)N=C(c3nccs3)N2C1. The van der Waals surface area contributed by atoms with Gasteiger partial charge >= 0.3 is 12.6 Å². The molecule has 194 valence electrons. The van der Waals surface area contributed by atoms with E-state index in [1.165, 1.54) is 48.9 Å². The molecule has 1 aromatic carbocycles. The van der Waals surface area contributed by atoms with Gasteiger partial charge in [0.2, 0.25) is 0 Å². The van der Waals surface area contributed by atoms with Gasteiger partial charge in [0.05, 0.1) is 18.3 Å². The lowest BCUT2D eigenvalue weighted by Crippen LogP contribution is -2.50. The first-order chi connectivity index (χ1) is 17.7. The zero-order chi connectivity index (χ0) is 26.3. The van der Waals surface area contributed by atoms with Gasteiger partial charge in [-0.2, -0.15) is 13.9 Å². The smallest absolute Gasteiger partial charge is 0.407 e. The van der Waals surface area contributed by atoms with Crippen LogP contribution in [0, 0.1) is 5.82 Å². The summed E-state index contributed by atoms with van der Waals surface area (Å²) in [5, 5.41) is 9.66. The maximum Gasteiger partial charge on any atom is 0.407 e. The Kier molecular flexibility index (Phi) is 6.71. The summed E-state index contributed by atoms with van der Waals surface area (Å²) in [5.74, 6) is 0.0223. The fourth-order valence-corrected chi connectivity index (χ4v) is 5.65. The fraction of sp³-hybridized carbons (Fsp3) is 0.333. The van der Waals surface area contributed by atoms with Crippen LogP contribution in [0.1, 0.15) is 48.6 Å². The van der Waals surface area contributed by atoms with E-state index < -0.39 is 30.0 Å². The number of aliphatic imine (C=N–C) groups is 1. The van der Waals surface area contributed by atoms with E-state index >= 15 is 0 Å². The fourth-order valence-electron chi connectivity index (χ4n) is 4.74. The Morgan fingerprint density at radius 3 is 2.81 bits per heavy atom. The number of aromatic nitrogens is 3. The average Bonchev–Trinajstić information content (AvgIpc) is 3.63. The van der Waals surface area contributed by atoms with Gasteiger partial charge in [0.15, 0.2) is 10.8 Å². The molecular weight excluding hydrogens is 529 g/mol. The number of hydrogen-bond acceptors (Lipinski definition) is 7. The second kappa shape index (κ2) is 9.82. The van der Waals surface area contributed by atoms with Crippen LogP contribution in [0.25, 0.3) is 5.57 Å². The maximum absolute atomic E-state index is 13.9. The number of alkyl halides is 2. The van der Waals surface area contributed by atoms with Crippen LogP contribution in [0.4, 0.5) is 18.0 Å². The second-order valence-electron chi connectivity index (χ2n) is 8.69. The van der Waals surface area contributed by atoms with Gasteiger partial charge in [-0.25, -0.2) is 18.9 Å². The van der Waals surface area contributed by atoms with Crippen molar-refractivity contribution < 1.29 is 22.7 Å². The highest BCUT2D eigenvalue weighted by atomic mass is 35.5. The Balaban J connectivity index is 1.75. The number of amidine groups is 1. The summed E-state index contributed by atoms with van der Waals surface area (Å²) in [6, 6.07) is 4.69. The van der Waals surface area contributed by atoms with Crippen molar-refractivity contribution in [2.45, 2.75) is 37.9 Å². The first-order valence-corrected chi connectivity index (χ1v) is 12.6. The van der Waals surface area contributed by atoms with E-state index in [0.29, 0.717) is 46.0 Å². The van der Waals surface area contributed by atoms with E-state index in [1.54, 1.807) is 6.20 Å². The van der Waals surface area contributed by atoms with Gasteiger partial charge in [-0.05, 0) is 24.6 Å². The Labute approximate surface area is 219 Å². The number of halogens is 4. The van der Waals surface area contributed by atoms with Crippen LogP contribution in [0.3, 0.4) is 0 Å². The van der Waals surface area contributed by atoms with Crippen molar-refractivity contribution >= 4 is 40.4 Å². The molecule has 5 rings (SSSR count). The number of nitrogens with zero attached hydrogens (tertiary/aromatic N) is 5. The third-order valence-electron chi connectivity index (χ3n) is 6.58. The van der Waals surface area contributed by atoms with Crippen LogP contribution in [0.15, 0.2) is 52.7 Å². The molecule has 2 atom stereocenters. The standard InChI is InChI=1S/C24H22ClF3N6O2S/c1-3-24(31-23(35)36-2)11-17-18(16-6-8-34(32-16)22(27)28)19(14-5-4-13(26)10-15(14)25)30-20(33(17)12-24)21-29-7-9-37-21/h4-10,19,22H,3,11-12H2,1-2H3,(H,31,35)/t19-,24+/m0/s1. The van der Waals surface area contributed by atoms with Crippen molar-refractivity contribution in [3.05, 3.63) is 74.8 Å². The molecule has 4 heterocycles. The normalized spacial score (nSPS) is 21.3. The van der Waals surface area contributed by atoms with Gasteiger partial charge in [0, 0.05) is 52.6 Å². The first kappa shape index (κ1) is 25.3. The predicted molar refractivity (Wildman–Crippen MR) is 133 cm³/mol. The third kappa shape index (κ3) is 4.59. The summed E-state index contributed by atoms with van der Waals surface area (Å²) in [6.07, 6.45) is 3.15. The lowest BCUT2D eigenvalue weighted by molar-refractivity contribution is 0.0564. The molecule has 0 bridgehead atoms. The monoisotopic (exact) mass is 550 g/mol. The summed E-state index contributed by atoms with van der Waals surface area (Å²) >= 11 is 7.86. The number of benzene rings is 1. The van der Waals surface area contributed by atoms with Gasteiger partial charge in [0.25, 0.3) is 0 Å². The Morgan fingerprint density at radius 1 is 1.38 bits per heavy atom. The van der Waals surface area contributed by atoms with Crippen LogP contribution in [-0.4, -0.2) is 50.8 Å². The lowest BCUT2D eigenvalue weighted by Gasteiger charge is -2.32. The molecular formula is C24H22ClF3N6O2S. The van der Waals surface area contributed by atoms with Gasteiger partial charge in [-0.1, -0.05) is 24.6 Å². The van der Waals surface area contributed by atoms with Crippen molar-refractivity contribution in [2.24, 2.45) is 4.99 Å². The minimum Gasteiger partial charge on any atom is -0.453 e. The second-order valence-corrected chi connectivity index (χ2v) is 9.99. The number of thiazole rings is 1. The average molecular weight is 551 g/mol. The largest absolute Gasteiger partial charge is 0.453 e. The molecule has 0 unspecified atom stereocenters. The Hall–Kier alpha value is -3.38. The van der Waals surface area contributed by atoms with Gasteiger partial charge in [-0.3, -0.25) is 4.99 Å². The van der Waals surface area contributed by atoms with Crippen LogP contribution in [0.5, 0.6) is 0 Å². The highest BCUT2D eigenvalue weighted by molar-refractivity contribution is 7.11. The number of methoxy groups -OCH3 is 1. The Bertz CT molecular complexity index is 1390. The third-order valence-corrected chi connectivity index (χ3v) is 7.67. The molecule has 1 N–H and O–H groups in total. The van der Waals surface area contributed by atoms with Crippen LogP contribution >= 0.6 is 22.9 Å². The highest BCUT2D eigenvalue weighted by Gasteiger charge is 2.48. The van der Waals surface area contributed by atoms with Gasteiger partial charge in [-0.15, -0.1) is 11.3 Å². The Morgan fingerprint density at radius 2 is 2.19 bits per heavy atom. The number of carbonyl (C=O) groups excluding carboxylic acids is 1. The highest BCUT2D eigenvalue weighted by Crippen LogP contribution is 2.48. The van der Waals surface area contributed by atoms with E-state index in [0.717, 1.165) is 5.70 Å². The first-order valence-electron chi connectivity index (χ1n) is 11.4. The molecule has 0 spiro atoms. The molecule has 8 nitrogen and oxygen atoms in total. The molecule has 1 amide bonds. The number of hydrogen-bond donors (Lipinski definition) is 1. The summed E-state index contributed by atoms with van der Waals surface area (Å²) < 4.78 is 46.3. The zero-order valence-corrected chi connectivity index (χ0v) is 21.4. The molecule has 37 heavy (non-hydrogen) atoms. The lowest BCUT2D eigenvalue weighted by atomic mass is 9.89. The summed E-state index contributed by atoms with van der Waals surface area (Å²) in [4.78, 5) is 23.6. The molecule has 1 fully saturated rings. The minimum atomic E-state index is -2.83. The van der Waals surface area contributed by atoms with Crippen molar-refractivity contribution in [1.82, 2.24) is 25.0 Å². The van der Waals surface area contributed by atoms with Gasteiger partial charge < -0.3 is 15.0 Å². The number of amides is 1. The van der Waals surface area contributed by atoms with Crippen molar-refractivity contribution in [3.8, 4) is 0 Å². The molecule has 2 aliphatic rings. The number of nitrogens with one attached hydrogen (secondary N) is 1. The van der Waals surface area contributed by atoms with E-state index in [1.807, 2.05) is 17.2 Å². The number of carbonyl (C=O) groups is 1. The quantitative estimate of drug-likeness (QED) is 0.429. The molecule has 1 saturated heterocycles. The number of alkyl carbamates (subject to hydrolysis) is 1.